The van der Waals surface area contributed by atoms with E-state index in [-0.39, 0.29) is 5.97 Å². The number of ether oxygens (including phenoxy) is 1. The Labute approximate surface area is 91.4 Å². The summed E-state index contributed by atoms with van der Waals surface area (Å²) in [4.78, 5) is 16.7. The van der Waals surface area contributed by atoms with Crippen LogP contribution in [-0.2, 0) is 11.2 Å². The van der Waals surface area contributed by atoms with Crippen LogP contribution < -0.4 is 0 Å². The van der Waals surface area contributed by atoms with E-state index in [2.05, 4.69) is 27.1 Å². The summed E-state index contributed by atoms with van der Waals surface area (Å²) in [6, 6.07) is 1.83. The molecule has 5 heteroatoms. The molecule has 0 aliphatic heterocycles. The molecule has 1 heterocycles. The van der Waals surface area contributed by atoms with Crippen LogP contribution in [-0.4, -0.2) is 18.2 Å². The summed E-state index contributed by atoms with van der Waals surface area (Å²) in [5.41, 5.74) is 0.550. The molecule has 0 aliphatic rings. The monoisotopic (exact) mass is 227 g/mol. The summed E-state index contributed by atoms with van der Waals surface area (Å²) < 4.78 is 4.63. The molecule has 0 aromatic carbocycles. The van der Waals surface area contributed by atoms with Crippen molar-refractivity contribution < 1.29 is 9.53 Å². The zero-order valence-electron chi connectivity index (χ0n) is 7.86. The molecule has 1 aromatic rings. The van der Waals surface area contributed by atoms with Gasteiger partial charge in [-0.25, -0.2) is 4.79 Å². The summed E-state index contributed by atoms with van der Waals surface area (Å²) in [5, 5.41) is 2.25. The average Bonchev–Trinajstić information content (AvgIpc) is 2.61. The van der Waals surface area contributed by atoms with Crippen molar-refractivity contribution in [2.45, 2.75) is 13.3 Å². The van der Waals surface area contributed by atoms with Crippen LogP contribution in [0.3, 0.4) is 0 Å². The third-order valence-electron chi connectivity index (χ3n) is 1.65. The average molecular weight is 227 g/mol. The molecule has 74 valence electrons. The van der Waals surface area contributed by atoms with Crippen LogP contribution in [0.15, 0.2) is 11.1 Å². The van der Waals surface area contributed by atoms with E-state index in [0.29, 0.717) is 10.6 Å². The maximum Gasteiger partial charge on any atom is 0.350 e. The molecule has 0 atom stereocenters. The molecule has 14 heavy (non-hydrogen) atoms. The van der Waals surface area contributed by atoms with E-state index in [0.717, 1.165) is 11.3 Å². The number of carbonyl (C=O) groups excluding carboxylic acids is 1. The van der Waals surface area contributed by atoms with Gasteiger partial charge in [-0.05, 0) is 24.7 Å². The van der Waals surface area contributed by atoms with Crippen molar-refractivity contribution in [3.8, 4) is 0 Å². The van der Waals surface area contributed by atoms with Crippen LogP contribution in [0.25, 0.3) is 0 Å². The fourth-order valence-corrected chi connectivity index (χ4v) is 2.03. The number of rotatable bonds is 3. The number of esters is 1. The summed E-state index contributed by atoms with van der Waals surface area (Å²) in [5.74, 6) is -0.376. The topological polar surface area (TPSA) is 38.7 Å². The van der Waals surface area contributed by atoms with Gasteiger partial charge in [-0.1, -0.05) is 6.92 Å². The Bertz CT molecular complexity index is 392. The Morgan fingerprint density at radius 1 is 1.79 bits per heavy atom. The molecule has 0 aliphatic carbocycles. The first-order valence-electron chi connectivity index (χ1n) is 4.01. The number of aryl methyl sites for hydroxylation is 1. The third kappa shape index (κ3) is 2.26. The minimum atomic E-state index is -0.376. The first-order chi connectivity index (χ1) is 6.72. The van der Waals surface area contributed by atoms with Crippen molar-refractivity contribution in [1.29, 1.82) is 0 Å². The Kier molecular flexibility index (Phi) is 3.95. The Morgan fingerprint density at radius 2 is 2.50 bits per heavy atom. The smallest absolute Gasteiger partial charge is 0.350 e. The second-order valence-electron chi connectivity index (χ2n) is 2.48. The first kappa shape index (κ1) is 11.0. The number of thiophene rings is 1. The van der Waals surface area contributed by atoms with Gasteiger partial charge >= 0.3 is 5.97 Å². The van der Waals surface area contributed by atoms with Crippen LogP contribution in [0.4, 0.5) is 5.69 Å². The number of hydrogen-bond donors (Lipinski definition) is 0. The lowest BCUT2D eigenvalue weighted by Gasteiger charge is -1.94. The molecule has 0 unspecified atom stereocenters. The van der Waals surface area contributed by atoms with Gasteiger partial charge in [0.2, 0.25) is 0 Å². The molecule has 0 N–H and O–H groups in total. The fourth-order valence-electron chi connectivity index (χ4n) is 0.976. The highest BCUT2D eigenvalue weighted by molar-refractivity contribution is 7.78. The number of isothiocyanates is 1. The van der Waals surface area contributed by atoms with Crippen LogP contribution in [0, 0.1) is 0 Å². The minimum absolute atomic E-state index is 0.376. The van der Waals surface area contributed by atoms with E-state index in [1.807, 2.05) is 13.0 Å². The summed E-state index contributed by atoms with van der Waals surface area (Å²) in [6.45, 7) is 2.01. The van der Waals surface area contributed by atoms with Crippen molar-refractivity contribution in [3.63, 3.8) is 0 Å². The van der Waals surface area contributed by atoms with E-state index < -0.39 is 0 Å². The van der Waals surface area contributed by atoms with E-state index in [9.17, 15) is 4.79 Å². The Balaban J connectivity index is 3.18. The second kappa shape index (κ2) is 5.00. The van der Waals surface area contributed by atoms with Crippen molar-refractivity contribution in [2.24, 2.45) is 4.99 Å². The van der Waals surface area contributed by atoms with Crippen molar-refractivity contribution in [1.82, 2.24) is 0 Å². The van der Waals surface area contributed by atoms with E-state index >= 15 is 0 Å². The van der Waals surface area contributed by atoms with Crippen molar-refractivity contribution >= 4 is 40.4 Å². The lowest BCUT2D eigenvalue weighted by atomic mass is 10.3. The second-order valence-corrected chi connectivity index (χ2v) is 3.79. The lowest BCUT2D eigenvalue weighted by Crippen LogP contribution is -1.97. The molecule has 3 nitrogen and oxygen atoms in total. The Hall–Kier alpha value is -1.03. The molecule has 0 amide bonds. The van der Waals surface area contributed by atoms with Gasteiger partial charge in [0.1, 0.15) is 4.88 Å². The summed E-state index contributed by atoms with van der Waals surface area (Å²) >= 11 is 5.88. The number of methoxy groups -OCH3 is 1. The third-order valence-corrected chi connectivity index (χ3v) is 2.99. The van der Waals surface area contributed by atoms with Gasteiger partial charge in [0, 0.05) is 4.88 Å². The van der Waals surface area contributed by atoms with Crippen molar-refractivity contribution in [3.05, 3.63) is 15.8 Å². The molecular formula is C9H9NO2S2. The van der Waals surface area contributed by atoms with Gasteiger partial charge in [-0.3, -0.25) is 0 Å². The standard InChI is InChI=1S/C9H9NO2S2/c1-3-6-4-7(10-5-13)8(14-6)9(11)12-2/h4H,3H2,1-2H3. The van der Waals surface area contributed by atoms with Crippen LogP contribution in [0.1, 0.15) is 21.5 Å². The molecule has 1 rings (SSSR count). The molecule has 0 saturated heterocycles. The van der Waals surface area contributed by atoms with E-state index in [4.69, 9.17) is 0 Å². The SMILES string of the molecule is CCc1cc(N=C=S)c(C(=O)OC)s1. The normalized spacial score (nSPS) is 9.29. The van der Waals surface area contributed by atoms with E-state index in [1.54, 1.807) is 0 Å². The number of aliphatic imine (C=N–C) groups is 1. The number of nitrogens with zero attached hydrogens (tertiary/aromatic N) is 1. The lowest BCUT2D eigenvalue weighted by molar-refractivity contribution is 0.0607. The van der Waals surface area contributed by atoms with Gasteiger partial charge in [-0.15, -0.1) is 11.3 Å². The molecule has 0 bridgehead atoms. The zero-order valence-corrected chi connectivity index (χ0v) is 9.50. The quantitative estimate of drug-likeness (QED) is 0.453. The molecular weight excluding hydrogens is 218 g/mol. The molecule has 0 saturated carbocycles. The predicted octanol–water partition coefficient (Wildman–Crippen LogP) is 2.83. The number of hydrogen-bond acceptors (Lipinski definition) is 5. The number of thiocarbonyl (C=S) groups is 1. The maximum absolute atomic E-state index is 11.3. The van der Waals surface area contributed by atoms with Gasteiger partial charge < -0.3 is 4.74 Å². The summed E-state index contributed by atoms with van der Waals surface area (Å²) in [7, 11) is 1.35. The maximum atomic E-state index is 11.3. The largest absolute Gasteiger partial charge is 0.465 e. The van der Waals surface area contributed by atoms with Gasteiger partial charge in [0.15, 0.2) is 0 Å². The zero-order chi connectivity index (χ0) is 10.6. The van der Waals surface area contributed by atoms with Gasteiger partial charge in [-0.2, -0.15) is 4.99 Å². The van der Waals surface area contributed by atoms with Gasteiger partial charge in [0.05, 0.1) is 18.0 Å². The Morgan fingerprint density at radius 3 is 3.00 bits per heavy atom. The fraction of sp³-hybridized carbons (Fsp3) is 0.333. The highest BCUT2D eigenvalue weighted by Crippen LogP contribution is 2.30. The number of carbonyl (C=O) groups is 1. The summed E-state index contributed by atoms with van der Waals surface area (Å²) in [6.07, 6.45) is 0.863. The molecule has 1 aromatic heterocycles. The molecule has 0 radical (unpaired) electrons. The van der Waals surface area contributed by atoms with Crippen LogP contribution in [0.2, 0.25) is 0 Å². The van der Waals surface area contributed by atoms with Crippen LogP contribution in [0.5, 0.6) is 0 Å². The molecule has 0 fully saturated rings. The minimum Gasteiger partial charge on any atom is -0.465 e. The highest BCUT2D eigenvalue weighted by atomic mass is 32.1. The van der Waals surface area contributed by atoms with E-state index in [1.165, 1.54) is 18.4 Å². The first-order valence-corrected chi connectivity index (χ1v) is 5.24. The highest BCUT2D eigenvalue weighted by Gasteiger charge is 2.15. The van der Waals surface area contributed by atoms with Crippen LogP contribution >= 0.6 is 23.6 Å². The van der Waals surface area contributed by atoms with Gasteiger partial charge in [0.25, 0.3) is 0 Å². The van der Waals surface area contributed by atoms with Crippen molar-refractivity contribution in [2.75, 3.05) is 7.11 Å². The predicted molar refractivity (Wildman–Crippen MR) is 59.7 cm³/mol. The molecule has 0 spiro atoms.